The Labute approximate surface area is 85.3 Å². The summed E-state index contributed by atoms with van der Waals surface area (Å²) >= 11 is 0. The van der Waals surface area contributed by atoms with Crippen LogP contribution in [0.1, 0.15) is 1.43 Å². The molecule has 0 aliphatic heterocycles. The molecule has 0 aliphatic rings. The van der Waals surface area contributed by atoms with Gasteiger partial charge in [-0.1, -0.05) is 0 Å². The zero-order valence-electron chi connectivity index (χ0n) is 4.79. The topological polar surface area (TPSA) is 112 Å². The minimum atomic E-state index is -4.61. The van der Waals surface area contributed by atoms with Crippen molar-refractivity contribution in [2.24, 2.45) is 0 Å². The van der Waals surface area contributed by atoms with Gasteiger partial charge in [-0.05, 0) is 0 Å². The van der Waals surface area contributed by atoms with Gasteiger partial charge in [0.05, 0.1) is 0 Å². The van der Waals surface area contributed by atoms with Gasteiger partial charge < -0.3 is 26.1 Å². The molecule has 7 heteroatoms. The van der Waals surface area contributed by atoms with E-state index in [0.29, 0.717) is 0 Å². The summed E-state index contributed by atoms with van der Waals surface area (Å²) in [7, 11) is -4.61. The zero-order valence-corrected chi connectivity index (χ0v) is 7.91. The molecule has 7 heavy (non-hydrogen) atoms. The van der Waals surface area contributed by atoms with Crippen LogP contribution in [-0.2, 0) is 0 Å². The van der Waals surface area contributed by atoms with Crippen molar-refractivity contribution in [2.45, 2.75) is 0 Å². The predicted octanol–water partition coefficient (Wildman–Crippen LogP) is -6.32. The van der Waals surface area contributed by atoms with Crippen LogP contribution in [0.25, 0.3) is 0 Å². The second-order valence-electron chi connectivity index (χ2n) is 0.600. The smallest absolute Gasteiger partial charge is 1.00 e. The number of hydrogen-bond donors (Lipinski definition) is 4. The minimum Gasteiger partial charge on any atom is -1.00 e. The molecule has 0 rings (SSSR count). The van der Waals surface area contributed by atoms with Crippen molar-refractivity contribution < 1.29 is 77.5 Å². The fourth-order valence-corrected chi connectivity index (χ4v) is 0. The Kier molecular flexibility index (Phi) is 13.1. The van der Waals surface area contributed by atoms with E-state index in [1.807, 2.05) is 0 Å². The van der Waals surface area contributed by atoms with E-state index in [0.717, 1.165) is 0 Å². The van der Waals surface area contributed by atoms with Crippen molar-refractivity contribution in [2.75, 3.05) is 0 Å². The molecule has 0 saturated heterocycles. The number of hydrogen-bond acceptors (Lipinski definition) is 4. The van der Waals surface area contributed by atoms with Crippen LogP contribution >= 0.6 is 0 Å². The molecular weight excluding hydrogens is 147 g/mol. The zero-order chi connectivity index (χ0) is 4.50. The molecule has 0 aliphatic carbocycles. The van der Waals surface area contributed by atoms with Gasteiger partial charge in [0.1, 0.15) is 0 Å². The van der Waals surface area contributed by atoms with Gasteiger partial charge in [-0.25, -0.2) is 0 Å². The standard InChI is InChI=1S/K.H4O4Si.H2O.H/c;1-5(2,3)4;;/h;1-4H;1H2;/q+1;;;-1. The Morgan fingerprint density at radius 2 is 1.00 bits per heavy atom. The summed E-state index contributed by atoms with van der Waals surface area (Å²) < 4.78 is 0. The van der Waals surface area contributed by atoms with Crippen LogP contribution in [0.5, 0.6) is 0 Å². The fourth-order valence-electron chi connectivity index (χ4n) is 0. The molecule has 0 bridgehead atoms. The summed E-state index contributed by atoms with van der Waals surface area (Å²) in [6, 6.07) is 0. The van der Waals surface area contributed by atoms with Crippen molar-refractivity contribution >= 4 is 9.05 Å². The third-order valence-electron chi connectivity index (χ3n) is 0. The van der Waals surface area contributed by atoms with Crippen molar-refractivity contribution in [1.29, 1.82) is 0 Å². The van der Waals surface area contributed by atoms with Crippen molar-refractivity contribution in [1.82, 2.24) is 0 Å². The average Bonchev–Trinajstić information content (AvgIpc) is 0.722. The van der Waals surface area contributed by atoms with Crippen LogP contribution in [0.4, 0.5) is 0 Å². The van der Waals surface area contributed by atoms with Gasteiger partial charge in [-0.15, -0.1) is 0 Å². The molecule has 6 N–H and O–H groups in total. The van der Waals surface area contributed by atoms with Gasteiger partial charge in [-0.2, -0.15) is 0 Å². The Hall–Kier alpha value is 1.65. The molecule has 0 amide bonds. The van der Waals surface area contributed by atoms with Crippen molar-refractivity contribution in [3.8, 4) is 0 Å². The molecule has 0 aromatic rings. The van der Waals surface area contributed by atoms with E-state index in [9.17, 15) is 0 Å². The van der Waals surface area contributed by atoms with Crippen molar-refractivity contribution in [3.63, 3.8) is 0 Å². The van der Waals surface area contributed by atoms with E-state index in [2.05, 4.69) is 0 Å². The SMILES string of the molecule is O.O[Si](O)(O)O.[H-].[K+]. The maximum atomic E-state index is 7.33. The third-order valence-corrected chi connectivity index (χ3v) is 0. The molecule has 0 aromatic carbocycles. The van der Waals surface area contributed by atoms with Gasteiger partial charge in [0.2, 0.25) is 0 Å². The molecule has 42 valence electrons. The maximum Gasteiger partial charge on any atom is 1.00 e. The largest absolute Gasteiger partial charge is 1.00 e. The number of rotatable bonds is 0. The third kappa shape index (κ3) is 89.5. The molecule has 0 aromatic heterocycles. The molecule has 0 heterocycles. The predicted molar refractivity (Wildman–Crippen MR) is 19.4 cm³/mol. The molecule has 0 radical (unpaired) electrons. The molecule has 0 fully saturated rings. The second-order valence-corrected chi connectivity index (χ2v) is 1.80. The molecule has 0 saturated carbocycles. The second kappa shape index (κ2) is 5.78. The Morgan fingerprint density at radius 3 is 1.00 bits per heavy atom. The first-order valence-electron chi connectivity index (χ1n) is 0.894. The quantitative estimate of drug-likeness (QED) is 0.260. The fraction of sp³-hybridized carbons (Fsp3) is 0. The van der Waals surface area contributed by atoms with E-state index in [1.165, 1.54) is 0 Å². The van der Waals surface area contributed by atoms with E-state index in [4.69, 9.17) is 19.2 Å². The summed E-state index contributed by atoms with van der Waals surface area (Å²) in [5.41, 5.74) is 0. The van der Waals surface area contributed by atoms with Gasteiger partial charge in [0.25, 0.3) is 0 Å². The Bertz CT molecular complexity index is 27.9. The van der Waals surface area contributed by atoms with E-state index in [1.54, 1.807) is 0 Å². The maximum absolute atomic E-state index is 7.33. The van der Waals surface area contributed by atoms with Crippen molar-refractivity contribution in [3.05, 3.63) is 0 Å². The average molecular weight is 154 g/mol. The van der Waals surface area contributed by atoms with E-state index in [-0.39, 0.29) is 58.3 Å². The molecular formula is H7KO5Si. The van der Waals surface area contributed by atoms with Gasteiger partial charge in [0.15, 0.2) is 0 Å². The van der Waals surface area contributed by atoms with Crippen LogP contribution in [-0.4, -0.2) is 33.7 Å². The summed E-state index contributed by atoms with van der Waals surface area (Å²) in [6.45, 7) is 0. The van der Waals surface area contributed by atoms with Gasteiger partial charge in [0, 0.05) is 0 Å². The van der Waals surface area contributed by atoms with E-state index < -0.39 is 9.05 Å². The van der Waals surface area contributed by atoms with Crippen LogP contribution in [0.2, 0.25) is 0 Å². The monoisotopic (exact) mass is 154 g/mol. The summed E-state index contributed by atoms with van der Waals surface area (Å²) in [6.07, 6.45) is 0. The molecule has 0 unspecified atom stereocenters. The Morgan fingerprint density at radius 1 is 1.00 bits per heavy atom. The summed E-state index contributed by atoms with van der Waals surface area (Å²) in [5, 5.41) is 0. The van der Waals surface area contributed by atoms with Gasteiger partial charge in [-0.3, -0.25) is 0 Å². The molecule has 5 nitrogen and oxygen atoms in total. The molecule has 0 atom stereocenters. The minimum absolute atomic E-state index is 0. The first kappa shape index (κ1) is 15.9. The van der Waals surface area contributed by atoms with E-state index >= 15 is 0 Å². The summed E-state index contributed by atoms with van der Waals surface area (Å²) in [5.74, 6) is 0. The van der Waals surface area contributed by atoms with Crippen LogP contribution in [0.3, 0.4) is 0 Å². The Balaban J connectivity index is -0.0000000267. The first-order valence-corrected chi connectivity index (χ1v) is 2.68. The van der Waals surface area contributed by atoms with Crippen LogP contribution in [0.15, 0.2) is 0 Å². The normalized spacial score (nSPS) is 8.57. The summed E-state index contributed by atoms with van der Waals surface area (Å²) in [4.78, 5) is 29.3. The van der Waals surface area contributed by atoms with Crippen LogP contribution < -0.4 is 51.4 Å². The van der Waals surface area contributed by atoms with Crippen LogP contribution in [0, 0.1) is 0 Å². The molecule has 0 spiro atoms. The van der Waals surface area contributed by atoms with Gasteiger partial charge >= 0.3 is 60.4 Å². The first-order chi connectivity index (χ1) is 2.00.